The Labute approximate surface area is 84.7 Å². The maximum atomic E-state index is 8.89. The predicted molar refractivity (Wildman–Crippen MR) is 55.2 cm³/mol. The third-order valence-corrected chi connectivity index (χ3v) is 1.98. The van der Waals surface area contributed by atoms with Gasteiger partial charge in [0.1, 0.15) is 0 Å². The van der Waals surface area contributed by atoms with Crippen molar-refractivity contribution in [3.63, 3.8) is 0 Å². The zero-order valence-electron chi connectivity index (χ0n) is 8.57. The number of ether oxygens (including phenoxy) is 1. The molecular formula is C11H17NO2. The van der Waals surface area contributed by atoms with Crippen molar-refractivity contribution in [2.75, 3.05) is 6.61 Å². The molecule has 1 N–H and O–H groups in total. The van der Waals surface area contributed by atoms with E-state index >= 15 is 0 Å². The monoisotopic (exact) mass is 195 g/mol. The highest BCUT2D eigenvalue weighted by molar-refractivity contribution is 5.19. The molecule has 78 valence electrons. The fourth-order valence-corrected chi connectivity index (χ4v) is 1.16. The molecule has 0 radical (unpaired) electrons. The van der Waals surface area contributed by atoms with E-state index in [9.17, 15) is 0 Å². The molecule has 0 aliphatic heterocycles. The highest BCUT2D eigenvalue weighted by Crippen LogP contribution is 2.09. The molecule has 0 aliphatic rings. The second-order valence-electron chi connectivity index (χ2n) is 3.22. The molecule has 3 heteroatoms. The molecule has 0 saturated carbocycles. The van der Waals surface area contributed by atoms with Crippen LogP contribution in [0.25, 0.3) is 0 Å². The van der Waals surface area contributed by atoms with Gasteiger partial charge in [-0.15, -0.1) is 0 Å². The van der Waals surface area contributed by atoms with Crippen molar-refractivity contribution >= 4 is 0 Å². The highest BCUT2D eigenvalue weighted by Gasteiger charge is 1.96. The summed E-state index contributed by atoms with van der Waals surface area (Å²) in [5.74, 6) is 0.604. The smallest absolute Gasteiger partial charge is 0.213 e. The lowest BCUT2D eigenvalue weighted by atomic mass is 10.3. The minimum atomic E-state index is 0.0356. The van der Waals surface area contributed by atoms with Crippen molar-refractivity contribution in [3.05, 3.63) is 23.9 Å². The summed E-state index contributed by atoms with van der Waals surface area (Å²) in [5, 5.41) is 8.89. The number of rotatable bonds is 6. The summed E-state index contributed by atoms with van der Waals surface area (Å²) in [4.78, 5) is 4.05. The maximum Gasteiger partial charge on any atom is 0.213 e. The van der Waals surface area contributed by atoms with Crippen LogP contribution in [-0.2, 0) is 6.61 Å². The molecule has 14 heavy (non-hydrogen) atoms. The highest BCUT2D eigenvalue weighted by atomic mass is 16.5. The zero-order chi connectivity index (χ0) is 10.2. The van der Waals surface area contributed by atoms with E-state index in [0.717, 1.165) is 12.0 Å². The van der Waals surface area contributed by atoms with E-state index in [0.29, 0.717) is 12.5 Å². The van der Waals surface area contributed by atoms with E-state index in [4.69, 9.17) is 9.84 Å². The molecule has 0 fully saturated rings. The van der Waals surface area contributed by atoms with Gasteiger partial charge in [-0.3, -0.25) is 0 Å². The summed E-state index contributed by atoms with van der Waals surface area (Å²) in [6.45, 7) is 2.90. The van der Waals surface area contributed by atoms with Crippen LogP contribution in [0, 0.1) is 0 Å². The Bertz CT molecular complexity index is 263. The van der Waals surface area contributed by atoms with Crippen LogP contribution >= 0.6 is 0 Å². The Morgan fingerprint density at radius 2 is 2.29 bits per heavy atom. The second kappa shape index (κ2) is 6.38. The molecule has 0 unspecified atom stereocenters. The Hall–Kier alpha value is -1.09. The Morgan fingerprint density at radius 3 is 3.00 bits per heavy atom. The lowest BCUT2D eigenvalue weighted by molar-refractivity contribution is 0.275. The molecule has 0 aliphatic carbocycles. The average Bonchev–Trinajstić information content (AvgIpc) is 2.25. The van der Waals surface area contributed by atoms with Gasteiger partial charge in [0.05, 0.1) is 13.2 Å². The molecule has 1 heterocycles. The van der Waals surface area contributed by atoms with Crippen LogP contribution in [0.4, 0.5) is 0 Å². The van der Waals surface area contributed by atoms with E-state index in [1.807, 2.05) is 0 Å². The topological polar surface area (TPSA) is 42.4 Å². The van der Waals surface area contributed by atoms with Crippen LogP contribution in [0.5, 0.6) is 5.88 Å². The Morgan fingerprint density at radius 1 is 1.43 bits per heavy atom. The number of hydrogen-bond donors (Lipinski definition) is 1. The van der Waals surface area contributed by atoms with Gasteiger partial charge < -0.3 is 9.84 Å². The Kier molecular flexibility index (Phi) is 5.00. The number of nitrogens with zero attached hydrogens (tertiary/aromatic N) is 1. The molecule has 0 aromatic carbocycles. The summed E-state index contributed by atoms with van der Waals surface area (Å²) < 4.78 is 5.43. The number of aromatic nitrogens is 1. The van der Waals surface area contributed by atoms with Crippen LogP contribution in [0.1, 0.15) is 31.7 Å². The average molecular weight is 195 g/mol. The van der Waals surface area contributed by atoms with Crippen LogP contribution in [-0.4, -0.2) is 16.7 Å². The fraction of sp³-hybridized carbons (Fsp3) is 0.545. The molecular weight excluding hydrogens is 178 g/mol. The van der Waals surface area contributed by atoms with E-state index in [-0.39, 0.29) is 6.61 Å². The minimum Gasteiger partial charge on any atom is -0.478 e. The zero-order valence-corrected chi connectivity index (χ0v) is 8.57. The first-order valence-electron chi connectivity index (χ1n) is 5.05. The van der Waals surface area contributed by atoms with Gasteiger partial charge in [-0.05, 0) is 18.1 Å². The number of hydrogen-bond acceptors (Lipinski definition) is 3. The molecule has 0 spiro atoms. The van der Waals surface area contributed by atoms with Crippen molar-refractivity contribution in [2.45, 2.75) is 32.8 Å². The molecule has 0 atom stereocenters. The van der Waals surface area contributed by atoms with Crippen LogP contribution in [0.2, 0.25) is 0 Å². The summed E-state index contributed by atoms with van der Waals surface area (Å²) in [7, 11) is 0. The molecule has 1 aromatic rings. The minimum absolute atomic E-state index is 0.0356. The van der Waals surface area contributed by atoms with Gasteiger partial charge in [0.15, 0.2) is 0 Å². The molecule has 0 bridgehead atoms. The van der Waals surface area contributed by atoms with Crippen LogP contribution in [0.3, 0.4) is 0 Å². The predicted octanol–water partition coefficient (Wildman–Crippen LogP) is 2.14. The normalized spacial score (nSPS) is 10.1. The third kappa shape index (κ3) is 3.75. The van der Waals surface area contributed by atoms with Crippen molar-refractivity contribution < 1.29 is 9.84 Å². The summed E-state index contributed by atoms with van der Waals surface area (Å²) in [5.41, 5.74) is 0.838. The fourth-order valence-electron chi connectivity index (χ4n) is 1.16. The van der Waals surface area contributed by atoms with E-state index in [2.05, 4.69) is 11.9 Å². The SMILES string of the molecule is CCCCCOc1cc(CO)ccn1. The number of aliphatic hydroxyl groups excluding tert-OH is 1. The lowest BCUT2D eigenvalue weighted by Crippen LogP contribution is -1.99. The van der Waals surface area contributed by atoms with E-state index < -0.39 is 0 Å². The van der Waals surface area contributed by atoms with Gasteiger partial charge in [0, 0.05) is 12.3 Å². The molecule has 0 saturated heterocycles. The summed E-state index contributed by atoms with van der Waals surface area (Å²) in [6, 6.07) is 3.55. The van der Waals surface area contributed by atoms with Crippen molar-refractivity contribution in [2.24, 2.45) is 0 Å². The van der Waals surface area contributed by atoms with Gasteiger partial charge in [-0.1, -0.05) is 19.8 Å². The van der Waals surface area contributed by atoms with E-state index in [1.165, 1.54) is 12.8 Å². The van der Waals surface area contributed by atoms with Crippen molar-refractivity contribution in [1.29, 1.82) is 0 Å². The van der Waals surface area contributed by atoms with Crippen molar-refractivity contribution in [1.82, 2.24) is 4.98 Å². The maximum absolute atomic E-state index is 8.89. The summed E-state index contributed by atoms with van der Waals surface area (Å²) >= 11 is 0. The van der Waals surface area contributed by atoms with Gasteiger partial charge in [0.25, 0.3) is 0 Å². The number of pyridine rings is 1. The summed E-state index contributed by atoms with van der Waals surface area (Å²) in [6.07, 6.45) is 5.08. The first-order chi connectivity index (χ1) is 6.86. The molecule has 3 nitrogen and oxygen atoms in total. The molecule has 1 rings (SSSR count). The Balaban J connectivity index is 2.34. The standard InChI is InChI=1S/C11H17NO2/c1-2-3-4-7-14-11-8-10(9-13)5-6-12-11/h5-6,8,13H,2-4,7,9H2,1H3. The van der Waals surface area contributed by atoms with Gasteiger partial charge >= 0.3 is 0 Å². The van der Waals surface area contributed by atoms with Gasteiger partial charge in [0.2, 0.25) is 5.88 Å². The quantitative estimate of drug-likeness (QED) is 0.707. The number of unbranched alkanes of at least 4 members (excludes halogenated alkanes) is 2. The van der Waals surface area contributed by atoms with Crippen molar-refractivity contribution in [3.8, 4) is 5.88 Å². The van der Waals surface area contributed by atoms with Crippen LogP contribution in [0.15, 0.2) is 18.3 Å². The number of aliphatic hydroxyl groups is 1. The van der Waals surface area contributed by atoms with Gasteiger partial charge in [-0.2, -0.15) is 0 Å². The molecule has 0 amide bonds. The van der Waals surface area contributed by atoms with Crippen LogP contribution < -0.4 is 4.74 Å². The third-order valence-electron chi connectivity index (χ3n) is 1.98. The second-order valence-corrected chi connectivity index (χ2v) is 3.22. The largest absolute Gasteiger partial charge is 0.478 e. The first kappa shape index (κ1) is 11.0. The van der Waals surface area contributed by atoms with E-state index in [1.54, 1.807) is 18.3 Å². The first-order valence-corrected chi connectivity index (χ1v) is 5.05. The molecule has 1 aromatic heterocycles. The lowest BCUT2D eigenvalue weighted by Gasteiger charge is -2.05. The van der Waals surface area contributed by atoms with Gasteiger partial charge in [-0.25, -0.2) is 4.98 Å².